The lowest BCUT2D eigenvalue weighted by Crippen LogP contribution is -2.16. The molecule has 0 spiro atoms. The highest BCUT2D eigenvalue weighted by molar-refractivity contribution is 6.07. The summed E-state index contributed by atoms with van der Waals surface area (Å²) in [6.45, 7) is 2.27. The topological polar surface area (TPSA) is 54.0 Å². The number of benzene rings is 1. The lowest BCUT2D eigenvalue weighted by molar-refractivity contribution is 0.102. The van der Waals surface area contributed by atoms with Crippen molar-refractivity contribution in [2.24, 2.45) is 0 Å². The van der Waals surface area contributed by atoms with Crippen molar-refractivity contribution in [1.82, 2.24) is 4.98 Å². The van der Waals surface area contributed by atoms with E-state index in [-0.39, 0.29) is 17.1 Å². The van der Waals surface area contributed by atoms with Crippen LogP contribution in [0.5, 0.6) is 0 Å². The molecule has 7 heteroatoms. The third-order valence-corrected chi connectivity index (χ3v) is 2.56. The largest absolute Gasteiger partial charge is 0.370 e. The second-order valence-electron chi connectivity index (χ2n) is 4.19. The average Bonchev–Trinajstić information content (AvgIpc) is 2.39. The van der Waals surface area contributed by atoms with E-state index < -0.39 is 23.4 Å². The van der Waals surface area contributed by atoms with Crippen LogP contribution in [-0.2, 0) is 0 Å². The maximum absolute atomic E-state index is 13.2. The molecule has 0 unspecified atom stereocenters. The second kappa shape index (κ2) is 6.25. The van der Waals surface area contributed by atoms with Crippen molar-refractivity contribution in [1.29, 1.82) is 0 Å². The number of hydrogen-bond donors (Lipinski definition) is 2. The number of carbonyl (C=O) groups is 1. The molecule has 1 aromatic carbocycles. The maximum atomic E-state index is 13.2. The SMILES string of the molecule is CCNc1ncc(F)cc1C(=O)Nc1cc(F)cc(F)c1. The first-order chi connectivity index (χ1) is 9.99. The molecule has 0 radical (unpaired) electrons. The summed E-state index contributed by atoms with van der Waals surface area (Å²) in [4.78, 5) is 15.9. The number of pyridine rings is 1. The number of aromatic nitrogens is 1. The van der Waals surface area contributed by atoms with Gasteiger partial charge in [-0.05, 0) is 25.1 Å². The third kappa shape index (κ3) is 3.71. The van der Waals surface area contributed by atoms with Gasteiger partial charge >= 0.3 is 0 Å². The van der Waals surface area contributed by atoms with Gasteiger partial charge in [0.2, 0.25) is 0 Å². The van der Waals surface area contributed by atoms with Crippen molar-refractivity contribution in [3.63, 3.8) is 0 Å². The van der Waals surface area contributed by atoms with Crippen LogP contribution in [0.3, 0.4) is 0 Å². The lowest BCUT2D eigenvalue weighted by atomic mass is 10.2. The van der Waals surface area contributed by atoms with Crippen LogP contribution in [0.4, 0.5) is 24.7 Å². The van der Waals surface area contributed by atoms with E-state index in [9.17, 15) is 18.0 Å². The highest BCUT2D eigenvalue weighted by atomic mass is 19.1. The molecule has 0 bridgehead atoms. The molecule has 2 rings (SSSR count). The second-order valence-corrected chi connectivity index (χ2v) is 4.19. The average molecular weight is 295 g/mol. The number of hydrogen-bond acceptors (Lipinski definition) is 3. The monoisotopic (exact) mass is 295 g/mol. The molecule has 0 aliphatic heterocycles. The molecular weight excluding hydrogens is 283 g/mol. The molecule has 0 aliphatic carbocycles. The summed E-state index contributed by atoms with van der Waals surface area (Å²) in [6, 6.07) is 3.60. The molecular formula is C14H12F3N3O. The first-order valence-electron chi connectivity index (χ1n) is 6.16. The predicted molar refractivity (Wildman–Crippen MR) is 72.7 cm³/mol. The number of amides is 1. The fourth-order valence-electron chi connectivity index (χ4n) is 1.75. The van der Waals surface area contributed by atoms with Crippen LogP contribution in [0.15, 0.2) is 30.5 Å². The van der Waals surface area contributed by atoms with Gasteiger partial charge in [-0.3, -0.25) is 4.79 Å². The Hall–Kier alpha value is -2.57. The van der Waals surface area contributed by atoms with Gasteiger partial charge in [-0.15, -0.1) is 0 Å². The zero-order valence-corrected chi connectivity index (χ0v) is 11.1. The first kappa shape index (κ1) is 14.8. The summed E-state index contributed by atoms with van der Waals surface area (Å²) >= 11 is 0. The highest BCUT2D eigenvalue weighted by Gasteiger charge is 2.14. The third-order valence-electron chi connectivity index (χ3n) is 2.56. The molecule has 1 amide bonds. The number of rotatable bonds is 4. The van der Waals surface area contributed by atoms with E-state index in [0.29, 0.717) is 12.6 Å². The number of anilines is 2. The summed E-state index contributed by atoms with van der Waals surface area (Å²) in [7, 11) is 0. The molecule has 0 fully saturated rings. The van der Waals surface area contributed by atoms with Gasteiger partial charge in [0.15, 0.2) is 0 Å². The number of carbonyl (C=O) groups excluding carboxylic acids is 1. The number of nitrogens with zero attached hydrogens (tertiary/aromatic N) is 1. The van der Waals surface area contributed by atoms with Gasteiger partial charge in [-0.2, -0.15) is 0 Å². The van der Waals surface area contributed by atoms with E-state index in [1.54, 1.807) is 6.92 Å². The normalized spacial score (nSPS) is 10.3. The van der Waals surface area contributed by atoms with Crippen LogP contribution >= 0.6 is 0 Å². The van der Waals surface area contributed by atoms with Crippen molar-refractivity contribution in [2.45, 2.75) is 6.92 Å². The lowest BCUT2D eigenvalue weighted by Gasteiger charge is -2.10. The van der Waals surface area contributed by atoms with E-state index in [0.717, 1.165) is 24.4 Å². The van der Waals surface area contributed by atoms with Crippen LogP contribution in [0.25, 0.3) is 0 Å². The minimum absolute atomic E-state index is 0.0541. The quantitative estimate of drug-likeness (QED) is 0.911. The molecule has 0 saturated carbocycles. The van der Waals surface area contributed by atoms with Gasteiger partial charge < -0.3 is 10.6 Å². The van der Waals surface area contributed by atoms with Crippen molar-refractivity contribution < 1.29 is 18.0 Å². The van der Waals surface area contributed by atoms with E-state index in [1.807, 2.05) is 0 Å². The van der Waals surface area contributed by atoms with Crippen LogP contribution < -0.4 is 10.6 Å². The van der Waals surface area contributed by atoms with Crippen molar-refractivity contribution in [3.05, 3.63) is 53.5 Å². The van der Waals surface area contributed by atoms with Crippen molar-refractivity contribution in [2.75, 3.05) is 17.2 Å². The molecule has 2 aromatic rings. The molecule has 110 valence electrons. The Kier molecular flexibility index (Phi) is 4.42. The molecule has 0 aliphatic rings. The van der Waals surface area contributed by atoms with Gasteiger partial charge in [-0.25, -0.2) is 18.2 Å². The minimum atomic E-state index is -0.824. The van der Waals surface area contributed by atoms with Crippen molar-refractivity contribution >= 4 is 17.4 Å². The van der Waals surface area contributed by atoms with Gasteiger partial charge in [0, 0.05) is 18.3 Å². The summed E-state index contributed by atoms with van der Waals surface area (Å²) in [5.41, 5.74) is -0.120. The summed E-state index contributed by atoms with van der Waals surface area (Å²) in [6.07, 6.45) is 0.969. The highest BCUT2D eigenvalue weighted by Crippen LogP contribution is 2.18. The minimum Gasteiger partial charge on any atom is -0.370 e. The fourth-order valence-corrected chi connectivity index (χ4v) is 1.75. The maximum Gasteiger partial charge on any atom is 0.259 e. The molecule has 1 heterocycles. The Labute approximate surface area is 119 Å². The van der Waals surface area contributed by atoms with E-state index in [1.165, 1.54) is 0 Å². The zero-order chi connectivity index (χ0) is 15.4. The van der Waals surface area contributed by atoms with Gasteiger partial charge in [0.1, 0.15) is 23.3 Å². The van der Waals surface area contributed by atoms with Crippen LogP contribution in [0, 0.1) is 17.5 Å². The molecule has 21 heavy (non-hydrogen) atoms. The summed E-state index contributed by atoms with van der Waals surface area (Å²) in [5, 5.41) is 5.11. The standard InChI is InChI=1S/C14H12F3N3O/c1-2-18-13-12(6-10(17)7-19-13)14(21)20-11-4-8(15)3-9(16)5-11/h3-7H,2H2,1H3,(H,18,19)(H,20,21). The zero-order valence-electron chi connectivity index (χ0n) is 11.1. The van der Waals surface area contributed by atoms with Gasteiger partial charge in [0.05, 0.1) is 11.8 Å². The van der Waals surface area contributed by atoms with Gasteiger partial charge in [-0.1, -0.05) is 0 Å². The molecule has 0 atom stereocenters. The Morgan fingerprint density at radius 1 is 1.10 bits per heavy atom. The first-order valence-corrected chi connectivity index (χ1v) is 6.16. The van der Waals surface area contributed by atoms with Crippen LogP contribution in [0.1, 0.15) is 17.3 Å². The number of nitrogens with one attached hydrogen (secondary N) is 2. The Morgan fingerprint density at radius 2 is 1.76 bits per heavy atom. The smallest absolute Gasteiger partial charge is 0.259 e. The summed E-state index contributed by atoms with van der Waals surface area (Å²) < 4.78 is 39.4. The Balaban J connectivity index is 2.29. The van der Waals surface area contributed by atoms with Crippen LogP contribution in [0.2, 0.25) is 0 Å². The molecule has 4 nitrogen and oxygen atoms in total. The van der Waals surface area contributed by atoms with E-state index in [2.05, 4.69) is 15.6 Å². The van der Waals surface area contributed by atoms with E-state index >= 15 is 0 Å². The number of halogens is 3. The molecule has 0 saturated heterocycles. The van der Waals surface area contributed by atoms with E-state index in [4.69, 9.17) is 0 Å². The van der Waals surface area contributed by atoms with Crippen LogP contribution in [-0.4, -0.2) is 17.4 Å². The fraction of sp³-hybridized carbons (Fsp3) is 0.143. The Bertz CT molecular complexity index is 656. The molecule has 1 aromatic heterocycles. The van der Waals surface area contributed by atoms with Gasteiger partial charge in [0.25, 0.3) is 5.91 Å². The predicted octanol–water partition coefficient (Wildman–Crippen LogP) is 3.18. The summed E-state index contributed by atoms with van der Waals surface area (Å²) in [5.74, 6) is -2.87. The van der Waals surface area contributed by atoms with Crippen molar-refractivity contribution in [3.8, 4) is 0 Å². The molecule has 2 N–H and O–H groups in total. The Morgan fingerprint density at radius 3 is 2.38 bits per heavy atom.